The molecule has 0 aliphatic rings. The van der Waals surface area contributed by atoms with Gasteiger partial charge in [-0.05, 0) is 32.0 Å². The van der Waals surface area contributed by atoms with Gasteiger partial charge in [0.15, 0.2) is 0 Å². The van der Waals surface area contributed by atoms with Crippen LogP contribution in [0.15, 0.2) is 36.4 Å². The highest BCUT2D eigenvalue weighted by Gasteiger charge is 2.22. The first-order chi connectivity index (χ1) is 11.9. The predicted molar refractivity (Wildman–Crippen MR) is 101 cm³/mol. The lowest BCUT2D eigenvalue weighted by molar-refractivity contribution is -0.384. The van der Waals surface area contributed by atoms with E-state index in [1.807, 2.05) is 18.7 Å². The van der Waals surface area contributed by atoms with Crippen molar-refractivity contribution >= 4 is 46.2 Å². The maximum absolute atomic E-state index is 12.4. The summed E-state index contributed by atoms with van der Waals surface area (Å²) in [7, 11) is 0. The molecule has 1 N–H and O–H groups in total. The molecular weight excluding hydrogens is 365 g/mol. The smallest absolute Gasteiger partial charge is 0.294 e. The number of rotatable bonds is 6. The number of halogens is 2. The quantitative estimate of drug-likeness (QED) is 0.564. The summed E-state index contributed by atoms with van der Waals surface area (Å²) < 4.78 is 0. The Morgan fingerprint density at radius 3 is 2.36 bits per heavy atom. The summed E-state index contributed by atoms with van der Waals surface area (Å²) in [5, 5.41) is 14.4. The fourth-order valence-corrected chi connectivity index (χ4v) is 2.87. The Morgan fingerprint density at radius 1 is 1.16 bits per heavy atom. The first-order valence-electron chi connectivity index (χ1n) is 7.67. The van der Waals surface area contributed by atoms with Crippen molar-refractivity contribution in [3.8, 4) is 0 Å². The molecule has 2 rings (SSSR count). The highest BCUT2D eigenvalue weighted by Crippen LogP contribution is 2.37. The molecule has 0 aromatic heterocycles. The van der Waals surface area contributed by atoms with E-state index < -0.39 is 10.8 Å². The molecule has 0 aliphatic carbocycles. The molecule has 2 aromatic rings. The molecule has 25 heavy (non-hydrogen) atoms. The fourth-order valence-electron chi connectivity index (χ4n) is 2.45. The van der Waals surface area contributed by atoms with Crippen LogP contribution in [0.25, 0.3) is 0 Å². The monoisotopic (exact) mass is 381 g/mol. The van der Waals surface area contributed by atoms with Gasteiger partial charge in [0, 0.05) is 19.2 Å². The van der Waals surface area contributed by atoms with Gasteiger partial charge in [0.05, 0.1) is 26.2 Å². The average Bonchev–Trinajstić information content (AvgIpc) is 2.58. The number of hydrogen-bond acceptors (Lipinski definition) is 4. The highest BCUT2D eigenvalue weighted by atomic mass is 35.5. The van der Waals surface area contributed by atoms with Gasteiger partial charge in [0.25, 0.3) is 11.6 Å². The number of carbonyl (C=O) groups is 1. The van der Waals surface area contributed by atoms with Gasteiger partial charge in [0.2, 0.25) is 0 Å². The largest absolute Gasteiger partial charge is 0.366 e. The van der Waals surface area contributed by atoms with Crippen molar-refractivity contribution in [3.63, 3.8) is 0 Å². The number of amides is 1. The van der Waals surface area contributed by atoms with Crippen LogP contribution in [0, 0.1) is 10.1 Å². The van der Waals surface area contributed by atoms with Crippen molar-refractivity contribution in [2.24, 2.45) is 0 Å². The summed E-state index contributed by atoms with van der Waals surface area (Å²) in [4.78, 5) is 25.1. The molecule has 6 nitrogen and oxygen atoms in total. The summed E-state index contributed by atoms with van der Waals surface area (Å²) in [5.74, 6) is -0.438. The summed E-state index contributed by atoms with van der Waals surface area (Å²) in [6.45, 7) is 4.95. The summed E-state index contributed by atoms with van der Waals surface area (Å²) >= 11 is 12.2. The number of benzene rings is 2. The molecule has 2 aromatic carbocycles. The Labute approximate surface area is 155 Å². The molecule has 0 saturated carbocycles. The standard InChI is InChI=1S/C17H17Cl2N3O3/c1-3-21(4-2)15-10-14(13(19)9-16(15)22(24)25)20-17(23)11-7-5-6-8-12(11)18/h5-10H,3-4H2,1-2H3,(H,20,23). The van der Waals surface area contributed by atoms with E-state index >= 15 is 0 Å². The van der Waals surface area contributed by atoms with E-state index in [1.165, 1.54) is 12.1 Å². The van der Waals surface area contributed by atoms with Crippen molar-refractivity contribution in [2.45, 2.75) is 13.8 Å². The molecule has 0 unspecified atom stereocenters. The van der Waals surface area contributed by atoms with Crippen LogP contribution in [0.5, 0.6) is 0 Å². The van der Waals surface area contributed by atoms with Crippen molar-refractivity contribution in [3.05, 3.63) is 62.1 Å². The summed E-state index contributed by atoms with van der Waals surface area (Å²) in [6.07, 6.45) is 0. The first kappa shape index (κ1) is 19.0. The lowest BCUT2D eigenvalue weighted by atomic mass is 10.2. The van der Waals surface area contributed by atoms with E-state index in [1.54, 1.807) is 24.3 Å². The van der Waals surface area contributed by atoms with Gasteiger partial charge in [0.1, 0.15) is 5.69 Å². The molecule has 0 bridgehead atoms. The van der Waals surface area contributed by atoms with Gasteiger partial charge in [-0.3, -0.25) is 14.9 Å². The molecule has 0 heterocycles. The second kappa shape index (κ2) is 8.18. The van der Waals surface area contributed by atoms with E-state index in [-0.39, 0.29) is 10.7 Å². The van der Waals surface area contributed by atoms with E-state index in [0.717, 1.165) is 0 Å². The van der Waals surface area contributed by atoms with Gasteiger partial charge < -0.3 is 10.2 Å². The van der Waals surface area contributed by atoms with Gasteiger partial charge in [-0.2, -0.15) is 0 Å². The second-order valence-corrected chi connectivity index (χ2v) is 6.00. The minimum atomic E-state index is -0.487. The van der Waals surface area contributed by atoms with E-state index in [9.17, 15) is 14.9 Å². The molecule has 8 heteroatoms. The Hall–Kier alpha value is -2.31. The van der Waals surface area contributed by atoms with Crippen LogP contribution in [-0.4, -0.2) is 23.9 Å². The number of carbonyl (C=O) groups excluding carboxylic acids is 1. The molecule has 0 spiro atoms. The minimum Gasteiger partial charge on any atom is -0.366 e. The molecule has 0 radical (unpaired) electrons. The first-order valence-corrected chi connectivity index (χ1v) is 8.43. The third-order valence-electron chi connectivity index (χ3n) is 3.73. The zero-order chi connectivity index (χ0) is 18.6. The number of nitrogens with zero attached hydrogens (tertiary/aromatic N) is 2. The molecule has 0 aliphatic heterocycles. The van der Waals surface area contributed by atoms with Crippen molar-refractivity contribution in [2.75, 3.05) is 23.3 Å². The van der Waals surface area contributed by atoms with Gasteiger partial charge >= 0.3 is 0 Å². The van der Waals surface area contributed by atoms with Crippen molar-refractivity contribution in [1.82, 2.24) is 0 Å². The fraction of sp³-hybridized carbons (Fsp3) is 0.235. The topological polar surface area (TPSA) is 75.5 Å². The number of nitrogens with one attached hydrogen (secondary N) is 1. The Morgan fingerprint density at radius 2 is 1.80 bits per heavy atom. The average molecular weight is 382 g/mol. The van der Waals surface area contributed by atoms with Crippen LogP contribution >= 0.6 is 23.2 Å². The molecule has 0 fully saturated rings. The summed E-state index contributed by atoms with van der Waals surface area (Å²) in [6, 6.07) is 9.37. The van der Waals surface area contributed by atoms with Crippen LogP contribution in [-0.2, 0) is 0 Å². The van der Waals surface area contributed by atoms with Crippen LogP contribution in [0.3, 0.4) is 0 Å². The van der Waals surface area contributed by atoms with Crippen LogP contribution in [0.2, 0.25) is 10.0 Å². The Balaban J connectivity index is 2.44. The van der Waals surface area contributed by atoms with Crippen LogP contribution < -0.4 is 10.2 Å². The number of nitro benzene ring substituents is 1. The molecule has 132 valence electrons. The molecule has 1 amide bonds. The van der Waals surface area contributed by atoms with Crippen molar-refractivity contribution in [1.29, 1.82) is 0 Å². The van der Waals surface area contributed by atoms with Gasteiger partial charge in [-0.1, -0.05) is 35.3 Å². The Kier molecular flexibility index (Phi) is 6.22. The van der Waals surface area contributed by atoms with Gasteiger partial charge in [-0.15, -0.1) is 0 Å². The molecule has 0 saturated heterocycles. The highest BCUT2D eigenvalue weighted by molar-refractivity contribution is 6.36. The van der Waals surface area contributed by atoms with E-state index in [4.69, 9.17) is 23.2 Å². The molecular formula is C17H17Cl2N3O3. The third kappa shape index (κ3) is 4.21. The SMILES string of the molecule is CCN(CC)c1cc(NC(=O)c2ccccc2Cl)c(Cl)cc1[N+](=O)[O-]. The Bertz CT molecular complexity index is 808. The normalized spacial score (nSPS) is 10.4. The van der Waals surface area contributed by atoms with Crippen molar-refractivity contribution < 1.29 is 9.72 Å². The summed E-state index contributed by atoms with van der Waals surface area (Å²) in [5.41, 5.74) is 0.875. The number of hydrogen-bond donors (Lipinski definition) is 1. The lowest BCUT2D eigenvalue weighted by Gasteiger charge is -2.22. The lowest BCUT2D eigenvalue weighted by Crippen LogP contribution is -2.23. The second-order valence-electron chi connectivity index (χ2n) is 5.18. The predicted octanol–water partition coefficient (Wildman–Crippen LogP) is 5.00. The maximum Gasteiger partial charge on any atom is 0.294 e. The van der Waals surface area contributed by atoms with Crippen LogP contribution in [0.4, 0.5) is 17.1 Å². The number of anilines is 2. The zero-order valence-electron chi connectivity index (χ0n) is 13.8. The molecule has 0 atom stereocenters. The third-order valence-corrected chi connectivity index (χ3v) is 4.37. The zero-order valence-corrected chi connectivity index (χ0v) is 15.3. The van der Waals surface area contributed by atoms with E-state index in [0.29, 0.717) is 35.1 Å². The van der Waals surface area contributed by atoms with E-state index in [2.05, 4.69) is 5.32 Å². The van der Waals surface area contributed by atoms with Gasteiger partial charge in [-0.25, -0.2) is 0 Å². The number of nitro groups is 1. The maximum atomic E-state index is 12.4. The van der Waals surface area contributed by atoms with Crippen LogP contribution in [0.1, 0.15) is 24.2 Å². The minimum absolute atomic E-state index is 0.0861.